The third-order valence-electron chi connectivity index (χ3n) is 5.35. The number of hydrogen-bond donors (Lipinski definition) is 2. The van der Waals surface area contributed by atoms with Gasteiger partial charge < -0.3 is 10.1 Å². The number of nitrogens with one attached hydrogen (secondary N) is 2. The van der Waals surface area contributed by atoms with Crippen LogP contribution >= 0.6 is 0 Å². The second-order valence-corrected chi connectivity index (χ2v) is 7.70. The van der Waals surface area contributed by atoms with Crippen LogP contribution in [0.25, 0.3) is 0 Å². The Labute approximate surface area is 111 Å². The van der Waals surface area contributed by atoms with E-state index < -0.39 is 0 Å². The van der Waals surface area contributed by atoms with Gasteiger partial charge in [-0.3, -0.25) is 5.32 Å². The minimum atomic E-state index is 0.00208. The van der Waals surface area contributed by atoms with Crippen LogP contribution in [0.4, 0.5) is 0 Å². The van der Waals surface area contributed by atoms with Gasteiger partial charge in [-0.25, -0.2) is 0 Å². The van der Waals surface area contributed by atoms with Crippen molar-refractivity contribution in [3.05, 3.63) is 0 Å². The van der Waals surface area contributed by atoms with Crippen LogP contribution in [0.3, 0.4) is 0 Å². The average Bonchev–Trinajstić information content (AvgIpc) is 2.26. The normalized spacial score (nSPS) is 39.8. The molecule has 0 aromatic heterocycles. The van der Waals surface area contributed by atoms with E-state index in [1.165, 1.54) is 32.1 Å². The van der Waals surface area contributed by atoms with Crippen LogP contribution in [0, 0.1) is 11.3 Å². The Kier molecular flexibility index (Phi) is 3.00. The molecule has 2 spiro atoms. The van der Waals surface area contributed by atoms with Gasteiger partial charge in [0.25, 0.3) is 0 Å². The predicted octanol–water partition coefficient (Wildman–Crippen LogP) is 2.27. The molecule has 1 saturated carbocycles. The van der Waals surface area contributed by atoms with Crippen molar-refractivity contribution in [2.75, 3.05) is 19.6 Å². The minimum absolute atomic E-state index is 0.00208. The molecule has 18 heavy (non-hydrogen) atoms. The highest BCUT2D eigenvalue weighted by Gasteiger charge is 2.50. The molecule has 3 fully saturated rings. The van der Waals surface area contributed by atoms with E-state index in [0.29, 0.717) is 5.41 Å². The topological polar surface area (TPSA) is 33.3 Å². The maximum Gasteiger partial charge on any atom is 0.120 e. The van der Waals surface area contributed by atoms with Gasteiger partial charge in [0, 0.05) is 19.6 Å². The van der Waals surface area contributed by atoms with E-state index in [9.17, 15) is 0 Å². The average molecular weight is 252 g/mol. The summed E-state index contributed by atoms with van der Waals surface area (Å²) in [6.45, 7) is 10.4. The lowest BCUT2D eigenvalue weighted by Gasteiger charge is -2.56. The Morgan fingerprint density at radius 3 is 2.22 bits per heavy atom. The van der Waals surface area contributed by atoms with Crippen molar-refractivity contribution >= 4 is 0 Å². The van der Waals surface area contributed by atoms with Gasteiger partial charge in [-0.05, 0) is 43.4 Å². The van der Waals surface area contributed by atoms with Crippen LogP contribution in [0.2, 0.25) is 0 Å². The summed E-state index contributed by atoms with van der Waals surface area (Å²) in [6.07, 6.45) is 6.16. The van der Waals surface area contributed by atoms with Crippen molar-refractivity contribution in [1.29, 1.82) is 0 Å². The van der Waals surface area contributed by atoms with Crippen molar-refractivity contribution in [3.63, 3.8) is 0 Å². The zero-order valence-electron chi connectivity index (χ0n) is 12.1. The standard InChI is InChI=1S/C15H28N2O/c1-13(2,3)12-4-6-15(7-5-12)17-9-8-14(18-15)10-16-11-14/h12,16-17H,4-11H2,1-3H3. The van der Waals surface area contributed by atoms with Crippen molar-refractivity contribution in [2.45, 2.75) is 64.2 Å². The summed E-state index contributed by atoms with van der Waals surface area (Å²) >= 11 is 0. The highest BCUT2D eigenvalue weighted by Crippen LogP contribution is 2.45. The van der Waals surface area contributed by atoms with Crippen LogP contribution in [0.15, 0.2) is 0 Å². The molecule has 0 unspecified atom stereocenters. The van der Waals surface area contributed by atoms with Gasteiger partial charge in [0.2, 0.25) is 0 Å². The lowest BCUT2D eigenvalue weighted by molar-refractivity contribution is -0.234. The van der Waals surface area contributed by atoms with Crippen LogP contribution in [-0.4, -0.2) is 31.0 Å². The molecule has 2 saturated heterocycles. The molecule has 0 atom stereocenters. The van der Waals surface area contributed by atoms with Gasteiger partial charge in [-0.15, -0.1) is 0 Å². The summed E-state index contributed by atoms with van der Waals surface area (Å²) in [5.74, 6) is 0.853. The molecular formula is C15H28N2O. The first-order valence-electron chi connectivity index (χ1n) is 7.59. The first-order valence-corrected chi connectivity index (χ1v) is 7.59. The molecule has 0 bridgehead atoms. The molecule has 3 aliphatic rings. The lowest BCUT2D eigenvalue weighted by atomic mass is 9.69. The summed E-state index contributed by atoms with van der Waals surface area (Å²) in [7, 11) is 0. The second-order valence-electron chi connectivity index (χ2n) is 7.70. The molecule has 0 aromatic carbocycles. The summed E-state index contributed by atoms with van der Waals surface area (Å²) in [6, 6.07) is 0. The van der Waals surface area contributed by atoms with E-state index in [-0.39, 0.29) is 11.3 Å². The van der Waals surface area contributed by atoms with E-state index in [2.05, 4.69) is 31.4 Å². The summed E-state index contributed by atoms with van der Waals surface area (Å²) < 4.78 is 6.53. The van der Waals surface area contributed by atoms with Gasteiger partial charge >= 0.3 is 0 Å². The van der Waals surface area contributed by atoms with Gasteiger partial charge in [-0.1, -0.05) is 20.8 Å². The van der Waals surface area contributed by atoms with E-state index in [4.69, 9.17) is 4.74 Å². The van der Waals surface area contributed by atoms with Crippen LogP contribution in [0.5, 0.6) is 0 Å². The maximum atomic E-state index is 6.53. The smallest absolute Gasteiger partial charge is 0.120 e. The lowest BCUT2D eigenvalue weighted by Crippen LogP contribution is -2.71. The Morgan fingerprint density at radius 1 is 1.06 bits per heavy atom. The fraction of sp³-hybridized carbons (Fsp3) is 1.00. The molecule has 0 aromatic rings. The maximum absolute atomic E-state index is 6.53. The summed E-state index contributed by atoms with van der Waals surface area (Å²) in [4.78, 5) is 0. The first-order chi connectivity index (χ1) is 8.43. The predicted molar refractivity (Wildman–Crippen MR) is 73.4 cm³/mol. The number of ether oxygens (including phenoxy) is 1. The van der Waals surface area contributed by atoms with Crippen molar-refractivity contribution in [2.24, 2.45) is 11.3 Å². The Bertz CT molecular complexity index is 309. The second kappa shape index (κ2) is 4.19. The fourth-order valence-corrected chi connectivity index (χ4v) is 3.90. The quantitative estimate of drug-likeness (QED) is 0.694. The molecule has 3 heteroatoms. The zero-order valence-corrected chi connectivity index (χ0v) is 12.1. The van der Waals surface area contributed by atoms with E-state index in [1.54, 1.807) is 0 Å². The highest BCUT2D eigenvalue weighted by atomic mass is 16.5. The first kappa shape index (κ1) is 12.9. The molecule has 3 rings (SSSR count). The molecule has 2 N–H and O–H groups in total. The third kappa shape index (κ3) is 2.21. The summed E-state index contributed by atoms with van der Waals surface area (Å²) in [5.41, 5.74) is 0.619. The van der Waals surface area contributed by atoms with E-state index in [0.717, 1.165) is 25.6 Å². The molecular weight excluding hydrogens is 224 g/mol. The molecule has 3 nitrogen and oxygen atoms in total. The third-order valence-corrected chi connectivity index (χ3v) is 5.35. The zero-order chi connectivity index (χ0) is 12.9. The Balaban J connectivity index is 1.64. The van der Waals surface area contributed by atoms with Crippen molar-refractivity contribution < 1.29 is 4.74 Å². The highest BCUT2D eigenvalue weighted by molar-refractivity contribution is 5.03. The van der Waals surface area contributed by atoms with Gasteiger partial charge in [0.1, 0.15) is 5.72 Å². The number of rotatable bonds is 0. The fourth-order valence-electron chi connectivity index (χ4n) is 3.90. The minimum Gasteiger partial charge on any atom is -0.351 e. The van der Waals surface area contributed by atoms with Gasteiger partial charge in [-0.2, -0.15) is 0 Å². The number of hydrogen-bond acceptors (Lipinski definition) is 3. The van der Waals surface area contributed by atoms with E-state index in [1.807, 2.05) is 0 Å². The van der Waals surface area contributed by atoms with Crippen molar-refractivity contribution in [3.8, 4) is 0 Å². The van der Waals surface area contributed by atoms with Crippen LogP contribution in [-0.2, 0) is 4.74 Å². The molecule has 1 aliphatic carbocycles. The SMILES string of the molecule is CC(C)(C)C1CCC2(CC1)NCCC1(CNC1)O2. The molecule has 2 heterocycles. The Hall–Kier alpha value is -0.120. The Morgan fingerprint density at radius 2 is 1.72 bits per heavy atom. The molecule has 0 amide bonds. The van der Waals surface area contributed by atoms with Crippen molar-refractivity contribution in [1.82, 2.24) is 10.6 Å². The van der Waals surface area contributed by atoms with Gasteiger partial charge in [0.15, 0.2) is 0 Å². The molecule has 2 aliphatic heterocycles. The molecule has 104 valence electrons. The van der Waals surface area contributed by atoms with Gasteiger partial charge in [0.05, 0.1) is 5.60 Å². The van der Waals surface area contributed by atoms with E-state index >= 15 is 0 Å². The van der Waals surface area contributed by atoms with Crippen LogP contribution in [0.1, 0.15) is 52.9 Å². The molecule has 0 radical (unpaired) electrons. The largest absolute Gasteiger partial charge is 0.351 e. The van der Waals surface area contributed by atoms with Crippen LogP contribution < -0.4 is 10.6 Å². The summed E-state index contributed by atoms with van der Waals surface area (Å²) in [5, 5.41) is 7.05. The monoisotopic (exact) mass is 252 g/mol.